The minimum atomic E-state index is -4.04. The second-order valence-corrected chi connectivity index (χ2v) is 9.90. The molecule has 3 aliphatic rings. The van der Waals surface area contributed by atoms with Gasteiger partial charge in [-0.05, 0) is 89.0 Å². The van der Waals surface area contributed by atoms with Crippen LogP contribution >= 0.6 is 15.9 Å². The fourth-order valence-corrected chi connectivity index (χ4v) is 6.47. The summed E-state index contributed by atoms with van der Waals surface area (Å²) in [5.41, 5.74) is 2.27. The van der Waals surface area contributed by atoms with Gasteiger partial charge >= 0.3 is 10.3 Å². The minimum Gasteiger partial charge on any atom is -0.370 e. The minimum absolute atomic E-state index is 0.132. The van der Waals surface area contributed by atoms with Crippen molar-refractivity contribution < 1.29 is 17.4 Å². The first-order chi connectivity index (χ1) is 11.7. The van der Waals surface area contributed by atoms with Gasteiger partial charge in [-0.15, -0.1) is 0 Å². The molecule has 136 valence electrons. The maximum absolute atomic E-state index is 12.4. The largest absolute Gasteiger partial charge is 0.380 e. The number of halogens is 1. The van der Waals surface area contributed by atoms with Crippen LogP contribution in [0.15, 0.2) is 16.6 Å². The predicted molar refractivity (Wildman–Crippen MR) is 97.5 cm³/mol. The molecule has 0 bridgehead atoms. The average Bonchev–Trinajstić information content (AvgIpc) is 2.82. The van der Waals surface area contributed by atoms with Crippen LogP contribution < -0.4 is 9.32 Å². The topological polar surface area (TPSA) is 86.5 Å². The van der Waals surface area contributed by atoms with Crippen LogP contribution in [0.3, 0.4) is 0 Å². The van der Waals surface area contributed by atoms with E-state index in [9.17, 15) is 13.2 Å². The Morgan fingerprint density at radius 1 is 1.24 bits per heavy atom. The lowest BCUT2D eigenvalue weighted by Crippen LogP contribution is -2.42. The van der Waals surface area contributed by atoms with Crippen molar-refractivity contribution in [3.8, 4) is 5.75 Å². The van der Waals surface area contributed by atoms with Crippen LogP contribution in [0.1, 0.15) is 56.1 Å². The SMILES string of the molecule is C[C@]12CC[C@@H]3c4cc(Br)c(OS(N)(=O)=O)cc4CC[C@H]3[C@@H]1CCC2=O. The van der Waals surface area contributed by atoms with E-state index in [1.165, 1.54) is 5.56 Å². The number of Topliss-reactive ketones (excluding diaryl/α,β-unsaturated/α-hetero) is 1. The number of nitrogens with two attached hydrogens (primary N) is 1. The summed E-state index contributed by atoms with van der Waals surface area (Å²) in [6.45, 7) is 2.16. The van der Waals surface area contributed by atoms with Gasteiger partial charge in [0.1, 0.15) is 5.78 Å². The zero-order valence-corrected chi connectivity index (χ0v) is 16.5. The summed E-state index contributed by atoms with van der Waals surface area (Å²) >= 11 is 3.42. The van der Waals surface area contributed by atoms with E-state index in [4.69, 9.17) is 9.32 Å². The third kappa shape index (κ3) is 2.84. The molecule has 5 nitrogen and oxygen atoms in total. The number of carbonyl (C=O) groups is 1. The van der Waals surface area contributed by atoms with Crippen molar-refractivity contribution in [2.24, 2.45) is 22.4 Å². The summed E-state index contributed by atoms with van der Waals surface area (Å²) in [5.74, 6) is 2.14. The molecule has 0 aliphatic heterocycles. The van der Waals surface area contributed by atoms with Crippen molar-refractivity contribution in [1.82, 2.24) is 0 Å². The molecule has 0 amide bonds. The van der Waals surface area contributed by atoms with Crippen LogP contribution in [0, 0.1) is 17.3 Å². The Morgan fingerprint density at radius 2 is 2.00 bits per heavy atom. The normalized spacial score (nSPS) is 34.2. The van der Waals surface area contributed by atoms with Gasteiger partial charge in [0.15, 0.2) is 5.75 Å². The Morgan fingerprint density at radius 3 is 2.72 bits per heavy atom. The first-order valence-electron chi connectivity index (χ1n) is 8.77. The lowest BCUT2D eigenvalue weighted by atomic mass is 9.55. The lowest BCUT2D eigenvalue weighted by Gasteiger charge is -2.48. The van der Waals surface area contributed by atoms with Crippen LogP contribution in [0.4, 0.5) is 0 Å². The molecular formula is C18H22BrNO4S. The van der Waals surface area contributed by atoms with Crippen molar-refractivity contribution >= 4 is 32.0 Å². The number of hydrogen-bond donors (Lipinski definition) is 1. The molecule has 25 heavy (non-hydrogen) atoms. The standard InChI is InChI=1S/C18H22BrNO4S/c1-18-7-6-11-12(14(18)4-5-17(18)21)3-2-10-8-16(24-25(20,22)23)15(19)9-13(10)11/h8-9,11-12,14H,2-7H2,1H3,(H2,20,22,23)/t11-,12+,14-,18-/m0/s1. The van der Waals surface area contributed by atoms with Crippen molar-refractivity contribution in [2.75, 3.05) is 0 Å². The van der Waals surface area contributed by atoms with E-state index in [2.05, 4.69) is 22.9 Å². The zero-order chi connectivity index (χ0) is 18.0. The molecule has 4 atom stereocenters. The van der Waals surface area contributed by atoms with Gasteiger partial charge in [0.05, 0.1) is 4.47 Å². The first kappa shape index (κ1) is 17.5. The van der Waals surface area contributed by atoms with E-state index in [1.807, 2.05) is 6.07 Å². The maximum atomic E-state index is 12.4. The summed E-state index contributed by atoms with van der Waals surface area (Å²) in [5, 5.41) is 5.00. The van der Waals surface area contributed by atoms with Gasteiger partial charge in [0.2, 0.25) is 0 Å². The third-order valence-corrected chi connectivity index (χ3v) is 7.72. The molecule has 0 aromatic heterocycles. The Kier molecular flexibility index (Phi) is 4.05. The first-order valence-corrected chi connectivity index (χ1v) is 11.0. The second kappa shape index (κ2) is 5.79. The van der Waals surface area contributed by atoms with E-state index < -0.39 is 10.3 Å². The molecule has 0 radical (unpaired) electrons. The number of ketones is 1. The second-order valence-electron chi connectivity index (χ2n) is 7.89. The number of benzene rings is 1. The Balaban J connectivity index is 1.69. The monoisotopic (exact) mass is 427 g/mol. The molecule has 0 spiro atoms. The summed E-state index contributed by atoms with van der Waals surface area (Å²) in [7, 11) is -4.04. The van der Waals surface area contributed by atoms with E-state index in [0.29, 0.717) is 28.0 Å². The van der Waals surface area contributed by atoms with Gasteiger partial charge in [0, 0.05) is 11.8 Å². The molecule has 7 heteroatoms. The van der Waals surface area contributed by atoms with E-state index >= 15 is 0 Å². The number of carbonyl (C=O) groups excluding carboxylic acids is 1. The van der Waals surface area contributed by atoms with E-state index in [0.717, 1.165) is 44.1 Å². The molecule has 4 rings (SSSR count). The highest BCUT2D eigenvalue weighted by atomic mass is 79.9. The quantitative estimate of drug-likeness (QED) is 0.782. The van der Waals surface area contributed by atoms with Crippen molar-refractivity contribution in [1.29, 1.82) is 0 Å². The molecule has 0 unspecified atom stereocenters. The van der Waals surface area contributed by atoms with Gasteiger partial charge in [-0.3, -0.25) is 4.79 Å². The summed E-state index contributed by atoms with van der Waals surface area (Å²) < 4.78 is 28.0. The van der Waals surface area contributed by atoms with Crippen LogP contribution in [-0.2, 0) is 21.5 Å². The van der Waals surface area contributed by atoms with E-state index in [1.54, 1.807) is 6.07 Å². The highest BCUT2D eigenvalue weighted by Crippen LogP contribution is 2.59. The molecule has 1 aromatic rings. The predicted octanol–water partition coefficient (Wildman–Crippen LogP) is 3.46. The fraction of sp³-hybridized carbons (Fsp3) is 0.611. The van der Waals surface area contributed by atoms with Gasteiger partial charge in [0.25, 0.3) is 0 Å². The number of hydrogen-bond acceptors (Lipinski definition) is 4. The summed E-state index contributed by atoms with van der Waals surface area (Å²) in [4.78, 5) is 12.4. The van der Waals surface area contributed by atoms with Crippen molar-refractivity contribution in [2.45, 2.75) is 51.4 Å². The molecule has 0 saturated heterocycles. The van der Waals surface area contributed by atoms with Gasteiger partial charge in [-0.25, -0.2) is 0 Å². The molecule has 2 fully saturated rings. The maximum Gasteiger partial charge on any atom is 0.380 e. The average molecular weight is 428 g/mol. The van der Waals surface area contributed by atoms with E-state index in [-0.39, 0.29) is 11.2 Å². The lowest BCUT2D eigenvalue weighted by molar-refractivity contribution is -0.129. The Labute approximate surface area is 156 Å². The highest BCUT2D eigenvalue weighted by Gasteiger charge is 2.54. The Hall–Kier alpha value is -0.920. The molecule has 2 N–H and O–H groups in total. The molecule has 2 saturated carbocycles. The van der Waals surface area contributed by atoms with Crippen molar-refractivity contribution in [3.05, 3.63) is 27.7 Å². The molecule has 0 heterocycles. The van der Waals surface area contributed by atoms with Gasteiger partial charge < -0.3 is 4.18 Å². The van der Waals surface area contributed by atoms with Crippen molar-refractivity contribution in [3.63, 3.8) is 0 Å². The Bertz CT molecular complexity index is 853. The zero-order valence-electron chi connectivity index (χ0n) is 14.1. The van der Waals surface area contributed by atoms with Gasteiger partial charge in [-0.1, -0.05) is 6.92 Å². The van der Waals surface area contributed by atoms with Gasteiger partial charge in [-0.2, -0.15) is 13.6 Å². The molecular weight excluding hydrogens is 406 g/mol. The number of rotatable bonds is 2. The molecule has 1 aromatic carbocycles. The summed E-state index contributed by atoms with van der Waals surface area (Å²) in [6, 6.07) is 3.79. The van der Waals surface area contributed by atoms with Crippen LogP contribution in [0.2, 0.25) is 0 Å². The van der Waals surface area contributed by atoms with Crippen LogP contribution in [0.25, 0.3) is 0 Å². The smallest absolute Gasteiger partial charge is 0.370 e. The molecule has 3 aliphatic carbocycles. The third-order valence-electron chi connectivity index (χ3n) is 6.69. The number of fused-ring (bicyclic) bond motifs is 5. The van der Waals surface area contributed by atoms with Crippen LogP contribution in [-0.4, -0.2) is 14.2 Å². The van der Waals surface area contributed by atoms with Crippen LogP contribution in [0.5, 0.6) is 5.75 Å². The number of aryl methyl sites for hydroxylation is 1. The highest BCUT2D eigenvalue weighted by molar-refractivity contribution is 9.10. The summed E-state index contributed by atoms with van der Waals surface area (Å²) in [6.07, 6.45) is 5.62. The fourth-order valence-electron chi connectivity index (χ4n) is 5.53.